The van der Waals surface area contributed by atoms with Crippen LogP contribution in [-0.2, 0) is 4.84 Å². The minimum atomic E-state index is -0.689. The van der Waals surface area contributed by atoms with Crippen LogP contribution in [0.2, 0.25) is 0 Å². The summed E-state index contributed by atoms with van der Waals surface area (Å²) in [5, 5.41) is 12.8. The number of aromatic nitrogens is 1. The van der Waals surface area contributed by atoms with Gasteiger partial charge in [-0.25, -0.2) is 4.98 Å². The summed E-state index contributed by atoms with van der Waals surface area (Å²) in [5.74, 6) is 6.05. The van der Waals surface area contributed by atoms with Crippen molar-refractivity contribution >= 4 is 29.4 Å². The third-order valence-electron chi connectivity index (χ3n) is 4.72. The van der Waals surface area contributed by atoms with Crippen molar-refractivity contribution in [3.63, 3.8) is 0 Å². The predicted molar refractivity (Wildman–Crippen MR) is 113 cm³/mol. The number of nitrogens with one attached hydrogen (secondary N) is 1. The first-order valence-corrected chi connectivity index (χ1v) is 10.5. The van der Waals surface area contributed by atoms with Crippen LogP contribution in [0.5, 0.6) is 5.88 Å². The highest BCUT2D eigenvalue weighted by atomic mass is 32.2. The Morgan fingerprint density at radius 1 is 1.45 bits per heavy atom. The third-order valence-corrected chi connectivity index (χ3v) is 5.62. The van der Waals surface area contributed by atoms with Crippen LogP contribution in [-0.4, -0.2) is 52.6 Å². The second-order valence-electron chi connectivity index (χ2n) is 7.95. The average Bonchev–Trinajstić information content (AvgIpc) is 3.42. The molecular weight excluding hydrogens is 394 g/mol. The number of anilines is 1. The first kappa shape index (κ1) is 21.7. The molecule has 1 saturated carbocycles. The molecule has 29 heavy (non-hydrogen) atoms. The van der Waals surface area contributed by atoms with Gasteiger partial charge < -0.3 is 24.9 Å². The first-order valence-electron chi connectivity index (χ1n) is 9.76. The molecule has 0 spiro atoms. The molecule has 1 aromatic heterocycles. The number of aliphatic hydroxyl groups is 1. The Balaban J connectivity index is 1.73. The lowest BCUT2D eigenvalue weighted by atomic mass is 10.2. The molecule has 0 radical (unpaired) electrons. The molecule has 1 aliphatic heterocycles. The molecule has 3 rings (SSSR count). The van der Waals surface area contributed by atoms with Crippen LogP contribution < -0.4 is 20.9 Å². The van der Waals surface area contributed by atoms with Gasteiger partial charge in [0.25, 0.3) is 5.91 Å². The fraction of sp³-hybridized carbons (Fsp3) is 0.632. The van der Waals surface area contributed by atoms with Crippen LogP contribution >= 0.6 is 11.9 Å². The summed E-state index contributed by atoms with van der Waals surface area (Å²) < 4.78 is 10.1. The number of β-amino-alcohol motifs (C(OH)–C–C–N with tert-alkyl or cyclic N) is 1. The van der Waals surface area contributed by atoms with E-state index >= 15 is 0 Å². The van der Waals surface area contributed by atoms with Crippen LogP contribution in [0.1, 0.15) is 50.5 Å². The van der Waals surface area contributed by atoms with E-state index in [9.17, 15) is 9.90 Å². The normalized spacial score (nSPS) is 20.0. The first-order chi connectivity index (χ1) is 13.8. The summed E-state index contributed by atoms with van der Waals surface area (Å²) in [6, 6.07) is 3.52. The van der Waals surface area contributed by atoms with E-state index in [1.807, 2.05) is 24.8 Å². The minimum Gasteiger partial charge on any atom is -0.476 e. The van der Waals surface area contributed by atoms with Gasteiger partial charge in [0.05, 0.1) is 12.7 Å². The Bertz CT molecular complexity index is 769. The maximum atomic E-state index is 12.8. The van der Waals surface area contributed by atoms with Gasteiger partial charge in [0.15, 0.2) is 0 Å². The lowest BCUT2D eigenvalue weighted by molar-refractivity contribution is 0.0930. The molecule has 1 aliphatic carbocycles. The lowest BCUT2D eigenvalue weighted by Crippen LogP contribution is -2.40. The van der Waals surface area contributed by atoms with Crippen molar-refractivity contribution < 1.29 is 19.5 Å². The number of carbonyl (C=O) groups is 1. The zero-order chi connectivity index (χ0) is 21.0. The second-order valence-corrected chi connectivity index (χ2v) is 9.33. The number of amides is 1. The van der Waals surface area contributed by atoms with E-state index in [0.717, 1.165) is 37.0 Å². The Hall–Kier alpha value is -2.04. The number of ether oxygens (including phenoxy) is 1. The zero-order valence-electron chi connectivity index (χ0n) is 17.1. The third kappa shape index (κ3) is 6.22. The molecule has 0 unspecified atom stereocenters. The van der Waals surface area contributed by atoms with Crippen LogP contribution in [0, 0.1) is 5.92 Å². The Morgan fingerprint density at radius 2 is 2.21 bits per heavy atom. The largest absolute Gasteiger partial charge is 0.476 e. The number of carbonyl (C=O) groups excluding carboxylic acids is 1. The molecule has 9 nitrogen and oxygen atoms in total. The van der Waals surface area contributed by atoms with Gasteiger partial charge in [-0.2, -0.15) is 10.3 Å². The van der Waals surface area contributed by atoms with E-state index in [1.54, 1.807) is 13.0 Å². The van der Waals surface area contributed by atoms with Gasteiger partial charge in [-0.1, -0.05) is 0 Å². The molecule has 2 heterocycles. The van der Waals surface area contributed by atoms with Crippen molar-refractivity contribution in [1.82, 2.24) is 10.3 Å². The molecule has 10 heteroatoms. The monoisotopic (exact) mass is 423 g/mol. The maximum Gasteiger partial charge on any atom is 0.271 e. The molecule has 2 aliphatic rings. The fourth-order valence-electron chi connectivity index (χ4n) is 2.91. The van der Waals surface area contributed by atoms with E-state index in [2.05, 4.69) is 19.5 Å². The van der Waals surface area contributed by atoms with Gasteiger partial charge in [-0.05, 0) is 51.2 Å². The van der Waals surface area contributed by atoms with Gasteiger partial charge in [0.1, 0.15) is 16.3 Å². The smallest absolute Gasteiger partial charge is 0.271 e. The number of hydrogen-bond acceptors (Lipinski definition) is 9. The Morgan fingerprint density at radius 3 is 2.83 bits per heavy atom. The molecule has 0 aromatic carbocycles. The summed E-state index contributed by atoms with van der Waals surface area (Å²) >= 11 is 1.14. The van der Waals surface area contributed by atoms with Gasteiger partial charge in [-0.15, -0.1) is 0 Å². The number of pyridine rings is 1. The molecular formula is C19H29N5O4S. The zero-order valence-corrected chi connectivity index (χ0v) is 17.9. The molecule has 2 fully saturated rings. The quantitative estimate of drug-likeness (QED) is 0.190. The van der Waals surface area contributed by atoms with E-state index in [-0.39, 0.29) is 17.7 Å². The molecule has 1 atom stereocenters. The Kier molecular flexibility index (Phi) is 6.86. The lowest BCUT2D eigenvalue weighted by Gasteiger charge is -2.24. The molecule has 1 amide bonds. The van der Waals surface area contributed by atoms with Crippen molar-refractivity contribution in [2.75, 3.05) is 24.6 Å². The van der Waals surface area contributed by atoms with Crippen LogP contribution in [0.25, 0.3) is 0 Å². The number of rotatable bonds is 8. The molecule has 4 N–H and O–H groups in total. The number of hydrogen-bond donors (Lipinski definition) is 3. The highest BCUT2D eigenvalue weighted by molar-refractivity contribution is 7.99. The van der Waals surface area contributed by atoms with Crippen molar-refractivity contribution in [1.29, 1.82) is 0 Å². The highest BCUT2D eigenvalue weighted by Crippen LogP contribution is 2.34. The van der Waals surface area contributed by atoms with E-state index in [0.29, 0.717) is 37.3 Å². The number of nitrogens with two attached hydrogens (primary N) is 1. The van der Waals surface area contributed by atoms with E-state index < -0.39 is 4.87 Å². The van der Waals surface area contributed by atoms with Crippen molar-refractivity contribution in [2.45, 2.75) is 51.0 Å². The standard InChI is InChI=1S/C19H29N5O4S/c1-12(28-20)23-29-19(2,3)22-17(26)15-6-7-16(24-9-8-14(25)10-24)18(21-15)27-11-13-4-5-13/h6-7,13-14,25H,4-5,8-11,20H2,1-3H3,(H,22,26)/t14-/m0/s1. The van der Waals surface area contributed by atoms with Crippen LogP contribution in [0.15, 0.2) is 16.5 Å². The summed E-state index contributed by atoms with van der Waals surface area (Å²) in [4.78, 5) is 23.1. The molecule has 1 aromatic rings. The predicted octanol–water partition coefficient (Wildman–Crippen LogP) is 1.86. The van der Waals surface area contributed by atoms with E-state index in [4.69, 9.17) is 10.6 Å². The van der Waals surface area contributed by atoms with Crippen LogP contribution in [0.4, 0.5) is 5.69 Å². The number of nitrogens with zero attached hydrogens (tertiary/aromatic N) is 3. The summed E-state index contributed by atoms with van der Waals surface area (Å²) in [6.07, 6.45) is 2.68. The SMILES string of the molecule is CC(=NSC(C)(C)NC(=O)c1ccc(N2CC[C@H](O)C2)c(OCC2CC2)n1)ON. The van der Waals surface area contributed by atoms with Crippen LogP contribution in [0.3, 0.4) is 0 Å². The summed E-state index contributed by atoms with van der Waals surface area (Å²) in [5.41, 5.74) is 1.08. The maximum absolute atomic E-state index is 12.8. The van der Waals surface area contributed by atoms with Gasteiger partial charge >= 0.3 is 0 Å². The average molecular weight is 424 g/mol. The minimum absolute atomic E-state index is 0.267. The molecule has 1 saturated heterocycles. The molecule has 160 valence electrons. The van der Waals surface area contributed by atoms with Gasteiger partial charge in [0, 0.05) is 32.0 Å². The van der Waals surface area contributed by atoms with Crippen molar-refractivity contribution in [3.8, 4) is 5.88 Å². The topological polar surface area (TPSA) is 122 Å². The van der Waals surface area contributed by atoms with Crippen molar-refractivity contribution in [2.24, 2.45) is 16.2 Å². The number of aliphatic hydroxyl groups excluding tert-OH is 1. The summed E-state index contributed by atoms with van der Waals surface area (Å²) in [7, 11) is 0. The van der Waals surface area contributed by atoms with E-state index in [1.165, 1.54) is 0 Å². The Labute approximate surface area is 175 Å². The summed E-state index contributed by atoms with van der Waals surface area (Å²) in [6.45, 7) is 7.15. The van der Waals surface area contributed by atoms with Gasteiger partial charge in [-0.3, -0.25) is 4.79 Å². The highest BCUT2D eigenvalue weighted by Gasteiger charge is 2.28. The fourth-order valence-corrected chi connectivity index (χ4v) is 3.45. The van der Waals surface area contributed by atoms with Gasteiger partial charge in [0.2, 0.25) is 11.8 Å². The van der Waals surface area contributed by atoms with Crippen molar-refractivity contribution in [3.05, 3.63) is 17.8 Å². The molecule has 0 bridgehead atoms. The second kappa shape index (κ2) is 9.19.